The van der Waals surface area contributed by atoms with E-state index in [4.69, 9.17) is 0 Å². The van der Waals surface area contributed by atoms with Crippen LogP contribution in [0.4, 0.5) is 0 Å². The molecule has 7 aromatic carbocycles. The van der Waals surface area contributed by atoms with Gasteiger partial charge in [-0.2, -0.15) is 0 Å². The van der Waals surface area contributed by atoms with Gasteiger partial charge in [-0.05, 0) is 103 Å². The van der Waals surface area contributed by atoms with Crippen molar-refractivity contribution in [1.29, 1.82) is 0 Å². The van der Waals surface area contributed by atoms with Crippen LogP contribution in [0.25, 0.3) is 88.8 Å². The summed E-state index contributed by atoms with van der Waals surface area (Å²) < 4.78 is 7.29. The van der Waals surface area contributed by atoms with E-state index in [2.05, 4.69) is 203 Å². The number of aryl methyl sites for hydroxylation is 1. The lowest BCUT2D eigenvalue weighted by molar-refractivity contribution is 1.11. The van der Waals surface area contributed by atoms with E-state index in [1.54, 1.807) is 0 Å². The Bertz CT molecular complexity index is 2970. The number of rotatable bonds is 5. The first kappa shape index (κ1) is 29.3. The molecular weight excluding hydrogens is 619 g/mol. The lowest BCUT2D eigenvalue weighted by atomic mass is 10.0. The Labute approximate surface area is 296 Å². The molecule has 0 aliphatic rings. The van der Waals surface area contributed by atoms with E-state index >= 15 is 0 Å². The molecule has 3 aromatic heterocycles. The Balaban J connectivity index is 1.25. The lowest BCUT2D eigenvalue weighted by Gasteiger charge is -2.13. The number of hydrogen-bond acceptors (Lipinski definition) is 0. The summed E-state index contributed by atoms with van der Waals surface area (Å²) in [5.74, 6) is 0. The highest BCUT2D eigenvalue weighted by Crippen LogP contribution is 2.41. The summed E-state index contributed by atoms with van der Waals surface area (Å²) in [7, 11) is 0. The first-order valence-corrected chi connectivity index (χ1v) is 17.7. The van der Waals surface area contributed by atoms with Gasteiger partial charge in [-0.15, -0.1) is 0 Å². The largest absolute Gasteiger partial charge is 0.309 e. The minimum Gasteiger partial charge on any atom is -0.309 e. The van der Waals surface area contributed by atoms with Gasteiger partial charge in [0.15, 0.2) is 0 Å². The van der Waals surface area contributed by atoms with Crippen molar-refractivity contribution in [3.05, 3.63) is 181 Å². The van der Waals surface area contributed by atoms with Crippen molar-refractivity contribution >= 4 is 60.6 Å². The Morgan fingerprint density at radius 1 is 0.412 bits per heavy atom. The molecule has 0 aliphatic carbocycles. The van der Waals surface area contributed by atoms with Crippen molar-refractivity contribution < 1.29 is 0 Å². The van der Waals surface area contributed by atoms with E-state index in [-0.39, 0.29) is 0 Å². The third-order valence-electron chi connectivity index (χ3n) is 10.5. The molecule has 0 atom stereocenters. The molecule has 0 aliphatic heterocycles. The minimum atomic E-state index is 1.15. The standard InChI is InChI=1S/C48H35N3/c1-3-15-41-32(2)39-30-34(33-16-6-4-7-17-33)26-28-44(39)51(41)47-25-14-24-46-48(47)38-21-11-13-23-43(38)50(46)36-27-29-45-40(31-36)37-20-10-12-22-42(37)49(45)35-18-8-5-9-19-35/h3-31H,1-2H3/b15-3-. The second kappa shape index (κ2) is 11.5. The van der Waals surface area contributed by atoms with Crippen LogP contribution in [-0.2, 0) is 0 Å². The van der Waals surface area contributed by atoms with Gasteiger partial charge in [0.2, 0.25) is 0 Å². The van der Waals surface area contributed by atoms with Gasteiger partial charge in [0.05, 0.1) is 33.3 Å². The van der Waals surface area contributed by atoms with Gasteiger partial charge in [-0.25, -0.2) is 0 Å². The van der Waals surface area contributed by atoms with E-state index in [1.165, 1.54) is 88.3 Å². The number of aromatic nitrogens is 3. The predicted octanol–water partition coefficient (Wildman–Crippen LogP) is 12.8. The van der Waals surface area contributed by atoms with Crippen LogP contribution in [0.5, 0.6) is 0 Å². The number of hydrogen-bond donors (Lipinski definition) is 0. The van der Waals surface area contributed by atoms with Crippen LogP contribution in [0.1, 0.15) is 18.2 Å². The van der Waals surface area contributed by atoms with Gasteiger partial charge in [0.1, 0.15) is 0 Å². The molecule has 3 nitrogen and oxygen atoms in total. The molecule has 3 heterocycles. The van der Waals surface area contributed by atoms with Gasteiger partial charge < -0.3 is 13.7 Å². The average molecular weight is 654 g/mol. The molecule has 3 heteroatoms. The van der Waals surface area contributed by atoms with Crippen molar-refractivity contribution in [2.75, 3.05) is 0 Å². The molecule has 51 heavy (non-hydrogen) atoms. The average Bonchev–Trinajstić information content (AvgIpc) is 3.80. The third-order valence-corrected chi connectivity index (χ3v) is 10.5. The molecule has 0 radical (unpaired) electrons. The van der Waals surface area contributed by atoms with Gasteiger partial charge >= 0.3 is 0 Å². The highest BCUT2D eigenvalue weighted by atomic mass is 15.0. The molecule has 0 bridgehead atoms. The fourth-order valence-corrected chi connectivity index (χ4v) is 8.31. The molecule has 0 saturated carbocycles. The van der Waals surface area contributed by atoms with E-state index < -0.39 is 0 Å². The van der Waals surface area contributed by atoms with Crippen LogP contribution < -0.4 is 0 Å². The fraction of sp³-hybridized carbons (Fsp3) is 0.0417. The maximum Gasteiger partial charge on any atom is 0.0562 e. The van der Waals surface area contributed by atoms with E-state index in [0.29, 0.717) is 0 Å². The van der Waals surface area contributed by atoms with E-state index in [1.807, 2.05) is 0 Å². The molecule has 0 fully saturated rings. The van der Waals surface area contributed by atoms with Crippen molar-refractivity contribution in [1.82, 2.24) is 13.7 Å². The van der Waals surface area contributed by atoms with Crippen LogP contribution in [0.2, 0.25) is 0 Å². The maximum atomic E-state index is 2.47. The Hall–Kier alpha value is -6.58. The fourth-order valence-electron chi connectivity index (χ4n) is 8.31. The Kier molecular flexibility index (Phi) is 6.62. The summed E-state index contributed by atoms with van der Waals surface area (Å²) in [4.78, 5) is 0. The minimum absolute atomic E-state index is 1.15. The molecule has 0 N–H and O–H groups in total. The first-order chi connectivity index (χ1) is 25.2. The van der Waals surface area contributed by atoms with Crippen LogP contribution >= 0.6 is 0 Å². The second-order valence-electron chi connectivity index (χ2n) is 13.4. The van der Waals surface area contributed by atoms with Gasteiger partial charge in [-0.3, -0.25) is 0 Å². The summed E-state index contributed by atoms with van der Waals surface area (Å²) in [6.45, 7) is 4.36. The highest BCUT2D eigenvalue weighted by Gasteiger charge is 2.21. The van der Waals surface area contributed by atoms with Crippen LogP contribution in [0.3, 0.4) is 0 Å². The summed E-state index contributed by atoms with van der Waals surface area (Å²) in [5, 5.41) is 6.24. The van der Waals surface area contributed by atoms with Gasteiger partial charge in [-0.1, -0.05) is 103 Å². The highest BCUT2D eigenvalue weighted by molar-refractivity contribution is 6.15. The molecule has 0 spiro atoms. The van der Waals surface area contributed by atoms with Crippen LogP contribution in [0, 0.1) is 6.92 Å². The zero-order chi connectivity index (χ0) is 34.1. The zero-order valence-corrected chi connectivity index (χ0v) is 28.6. The lowest BCUT2D eigenvalue weighted by Crippen LogP contribution is -1.99. The molecule has 10 rings (SSSR count). The van der Waals surface area contributed by atoms with Crippen LogP contribution in [-0.4, -0.2) is 13.7 Å². The Morgan fingerprint density at radius 3 is 1.80 bits per heavy atom. The first-order valence-electron chi connectivity index (χ1n) is 17.7. The van der Waals surface area contributed by atoms with E-state index in [0.717, 1.165) is 5.69 Å². The van der Waals surface area contributed by atoms with Crippen LogP contribution in [0.15, 0.2) is 170 Å². The molecule has 0 saturated heterocycles. The molecule has 0 unspecified atom stereocenters. The number of nitrogens with zero attached hydrogens (tertiary/aromatic N) is 3. The molecule has 10 aromatic rings. The zero-order valence-electron chi connectivity index (χ0n) is 28.6. The summed E-state index contributed by atoms with van der Waals surface area (Å²) in [6.07, 6.45) is 4.41. The second-order valence-corrected chi connectivity index (χ2v) is 13.4. The Morgan fingerprint density at radius 2 is 1.02 bits per heavy atom. The van der Waals surface area contributed by atoms with Crippen molar-refractivity contribution in [3.63, 3.8) is 0 Å². The number of benzene rings is 7. The van der Waals surface area contributed by atoms with Gasteiger partial charge in [0, 0.05) is 44.0 Å². The maximum absolute atomic E-state index is 2.47. The van der Waals surface area contributed by atoms with Gasteiger partial charge in [0.25, 0.3) is 0 Å². The normalized spacial score (nSPS) is 12.0. The number of para-hydroxylation sites is 3. The number of allylic oxidation sites excluding steroid dienone is 1. The molecule has 242 valence electrons. The van der Waals surface area contributed by atoms with E-state index in [9.17, 15) is 0 Å². The predicted molar refractivity (Wildman–Crippen MR) is 217 cm³/mol. The summed E-state index contributed by atoms with van der Waals surface area (Å²) in [6, 6.07) is 59.6. The third kappa shape index (κ3) is 4.38. The number of fused-ring (bicyclic) bond motifs is 7. The van der Waals surface area contributed by atoms with Crippen molar-refractivity contribution in [2.45, 2.75) is 13.8 Å². The smallest absolute Gasteiger partial charge is 0.0562 e. The quantitative estimate of drug-likeness (QED) is 0.176. The SMILES string of the molecule is C/C=C\c1c(C)c2cc(-c3ccccc3)ccc2n1-c1cccc2c1c1ccccc1n2-c1ccc2c(c1)c1ccccc1n2-c1ccccc1. The molecule has 0 amide bonds. The molecular formula is C48H35N3. The van der Waals surface area contributed by atoms with Crippen molar-refractivity contribution in [2.24, 2.45) is 0 Å². The summed E-state index contributed by atoms with van der Waals surface area (Å²) in [5.41, 5.74) is 14.4. The topological polar surface area (TPSA) is 14.8 Å². The monoisotopic (exact) mass is 653 g/mol. The van der Waals surface area contributed by atoms with Crippen molar-refractivity contribution in [3.8, 4) is 28.2 Å². The summed E-state index contributed by atoms with van der Waals surface area (Å²) >= 11 is 0.